The molecule has 76 valence electrons. The third kappa shape index (κ3) is 2.41. The van der Waals surface area contributed by atoms with Crippen LogP contribution in [-0.4, -0.2) is 21.1 Å². The molecule has 1 amide bonds. The van der Waals surface area contributed by atoms with Crippen LogP contribution in [0.3, 0.4) is 0 Å². The van der Waals surface area contributed by atoms with E-state index in [1.807, 2.05) is 0 Å². The van der Waals surface area contributed by atoms with E-state index in [0.29, 0.717) is 15.9 Å². The molecule has 0 unspecified atom stereocenters. The summed E-state index contributed by atoms with van der Waals surface area (Å²) in [7, 11) is 0. The molecule has 0 aliphatic heterocycles. The fourth-order valence-corrected chi connectivity index (χ4v) is 1.42. The van der Waals surface area contributed by atoms with Crippen molar-refractivity contribution in [2.24, 2.45) is 0 Å². The van der Waals surface area contributed by atoms with Gasteiger partial charge in [0, 0.05) is 18.1 Å². The number of pyridine rings is 1. The van der Waals surface area contributed by atoms with Crippen molar-refractivity contribution in [2.45, 2.75) is 0 Å². The van der Waals surface area contributed by atoms with Crippen LogP contribution < -0.4 is 5.32 Å². The standard InChI is InChI=1S/C9H7BrN4O/c10-8-3-7(1-2-11-8)14-9(15)6-4-12-13-5-6/h1-5H,(H,12,13)(H,11,14,15). The molecule has 0 aliphatic carbocycles. The van der Waals surface area contributed by atoms with Crippen molar-refractivity contribution in [1.29, 1.82) is 0 Å². The molecule has 2 heterocycles. The number of carbonyl (C=O) groups excluding carboxylic acids is 1. The minimum Gasteiger partial charge on any atom is -0.322 e. The zero-order valence-electron chi connectivity index (χ0n) is 7.57. The van der Waals surface area contributed by atoms with Gasteiger partial charge in [-0.15, -0.1) is 0 Å². The smallest absolute Gasteiger partial charge is 0.258 e. The molecule has 0 saturated carbocycles. The maximum Gasteiger partial charge on any atom is 0.258 e. The first-order valence-corrected chi connectivity index (χ1v) is 4.97. The number of halogens is 1. The topological polar surface area (TPSA) is 70.7 Å². The fraction of sp³-hybridized carbons (Fsp3) is 0. The number of hydrogen-bond acceptors (Lipinski definition) is 3. The number of hydrogen-bond donors (Lipinski definition) is 2. The lowest BCUT2D eigenvalue weighted by molar-refractivity contribution is 0.102. The summed E-state index contributed by atoms with van der Waals surface area (Å²) < 4.78 is 0.674. The summed E-state index contributed by atoms with van der Waals surface area (Å²) in [5.74, 6) is -0.207. The van der Waals surface area contributed by atoms with Crippen molar-refractivity contribution in [3.63, 3.8) is 0 Å². The molecule has 0 aliphatic rings. The molecule has 0 aromatic carbocycles. The molecule has 15 heavy (non-hydrogen) atoms. The average Bonchev–Trinajstić information content (AvgIpc) is 2.70. The second-order valence-corrected chi connectivity index (χ2v) is 3.62. The van der Waals surface area contributed by atoms with Gasteiger partial charge in [-0.05, 0) is 28.1 Å². The maximum atomic E-state index is 11.6. The van der Waals surface area contributed by atoms with Gasteiger partial charge in [0.05, 0.1) is 11.8 Å². The molecule has 0 radical (unpaired) electrons. The molecular formula is C9H7BrN4O. The maximum absolute atomic E-state index is 11.6. The molecular weight excluding hydrogens is 260 g/mol. The Morgan fingerprint density at radius 2 is 2.40 bits per heavy atom. The Labute approximate surface area is 94.0 Å². The predicted molar refractivity (Wildman–Crippen MR) is 58.5 cm³/mol. The minimum atomic E-state index is -0.207. The van der Waals surface area contributed by atoms with Gasteiger partial charge in [0.15, 0.2) is 0 Å². The first-order valence-electron chi connectivity index (χ1n) is 4.17. The first kappa shape index (κ1) is 9.85. The summed E-state index contributed by atoms with van der Waals surface area (Å²) in [6.07, 6.45) is 4.60. The van der Waals surface area contributed by atoms with Gasteiger partial charge in [-0.25, -0.2) is 4.98 Å². The molecule has 5 nitrogen and oxygen atoms in total. The van der Waals surface area contributed by atoms with Crippen molar-refractivity contribution >= 4 is 27.5 Å². The van der Waals surface area contributed by atoms with Gasteiger partial charge >= 0.3 is 0 Å². The van der Waals surface area contributed by atoms with E-state index < -0.39 is 0 Å². The molecule has 0 atom stereocenters. The number of anilines is 1. The first-order chi connectivity index (χ1) is 7.25. The Bertz CT molecular complexity index is 469. The van der Waals surface area contributed by atoms with Crippen LogP contribution in [-0.2, 0) is 0 Å². The van der Waals surface area contributed by atoms with Crippen molar-refractivity contribution in [3.05, 3.63) is 40.9 Å². The van der Waals surface area contributed by atoms with Crippen LogP contribution in [0.2, 0.25) is 0 Å². The van der Waals surface area contributed by atoms with Gasteiger partial charge in [-0.3, -0.25) is 9.89 Å². The third-order valence-electron chi connectivity index (χ3n) is 1.74. The monoisotopic (exact) mass is 266 g/mol. The normalized spacial score (nSPS) is 9.93. The SMILES string of the molecule is O=C(Nc1ccnc(Br)c1)c1cn[nH]c1. The summed E-state index contributed by atoms with van der Waals surface area (Å²) in [4.78, 5) is 15.5. The molecule has 2 aromatic rings. The number of H-pyrrole nitrogens is 1. The van der Waals surface area contributed by atoms with Crippen LogP contribution in [0.4, 0.5) is 5.69 Å². The Morgan fingerprint density at radius 1 is 1.53 bits per heavy atom. The lowest BCUT2D eigenvalue weighted by Gasteiger charge is -2.02. The minimum absolute atomic E-state index is 0.207. The van der Waals surface area contributed by atoms with E-state index in [9.17, 15) is 4.79 Å². The molecule has 0 spiro atoms. The highest BCUT2D eigenvalue weighted by Gasteiger charge is 2.06. The van der Waals surface area contributed by atoms with E-state index in [1.165, 1.54) is 12.4 Å². The Kier molecular flexibility index (Phi) is 2.77. The van der Waals surface area contributed by atoms with Crippen LogP contribution in [0.5, 0.6) is 0 Å². The lowest BCUT2D eigenvalue weighted by Crippen LogP contribution is -2.10. The highest BCUT2D eigenvalue weighted by Crippen LogP contribution is 2.13. The second-order valence-electron chi connectivity index (χ2n) is 2.81. The molecule has 2 rings (SSSR count). The van der Waals surface area contributed by atoms with Crippen LogP contribution in [0, 0.1) is 0 Å². The number of aromatic amines is 1. The zero-order valence-corrected chi connectivity index (χ0v) is 9.15. The third-order valence-corrected chi connectivity index (χ3v) is 2.18. The summed E-state index contributed by atoms with van der Waals surface area (Å²) in [6.45, 7) is 0. The van der Waals surface area contributed by atoms with Crippen LogP contribution in [0.25, 0.3) is 0 Å². The van der Waals surface area contributed by atoms with E-state index in [0.717, 1.165) is 0 Å². The molecule has 2 aromatic heterocycles. The number of carbonyl (C=O) groups is 1. The van der Waals surface area contributed by atoms with E-state index in [1.54, 1.807) is 18.3 Å². The largest absolute Gasteiger partial charge is 0.322 e. The molecule has 6 heteroatoms. The van der Waals surface area contributed by atoms with Crippen LogP contribution in [0.1, 0.15) is 10.4 Å². The van der Waals surface area contributed by atoms with E-state index in [2.05, 4.69) is 36.4 Å². The Balaban J connectivity index is 2.13. The van der Waals surface area contributed by atoms with Gasteiger partial charge in [0.25, 0.3) is 5.91 Å². The number of nitrogens with one attached hydrogen (secondary N) is 2. The number of aromatic nitrogens is 3. The van der Waals surface area contributed by atoms with Gasteiger partial charge in [-0.2, -0.15) is 5.10 Å². The number of amides is 1. The van der Waals surface area contributed by atoms with Crippen molar-refractivity contribution in [1.82, 2.24) is 15.2 Å². The average molecular weight is 267 g/mol. The quantitative estimate of drug-likeness (QED) is 0.815. The highest BCUT2D eigenvalue weighted by atomic mass is 79.9. The Hall–Kier alpha value is -1.69. The van der Waals surface area contributed by atoms with E-state index in [4.69, 9.17) is 0 Å². The van der Waals surface area contributed by atoms with Crippen LogP contribution >= 0.6 is 15.9 Å². The lowest BCUT2D eigenvalue weighted by atomic mass is 10.3. The van der Waals surface area contributed by atoms with Crippen molar-refractivity contribution < 1.29 is 4.79 Å². The fourth-order valence-electron chi connectivity index (χ4n) is 1.06. The van der Waals surface area contributed by atoms with E-state index in [-0.39, 0.29) is 5.91 Å². The summed E-state index contributed by atoms with van der Waals surface area (Å²) in [5.41, 5.74) is 1.17. The molecule has 0 bridgehead atoms. The summed E-state index contributed by atoms with van der Waals surface area (Å²) in [6, 6.07) is 3.43. The summed E-state index contributed by atoms with van der Waals surface area (Å²) in [5, 5.41) is 8.99. The molecule has 2 N–H and O–H groups in total. The van der Waals surface area contributed by atoms with Crippen molar-refractivity contribution in [3.8, 4) is 0 Å². The van der Waals surface area contributed by atoms with E-state index >= 15 is 0 Å². The van der Waals surface area contributed by atoms with Gasteiger partial charge in [0.2, 0.25) is 0 Å². The van der Waals surface area contributed by atoms with Gasteiger partial charge < -0.3 is 5.32 Å². The summed E-state index contributed by atoms with van der Waals surface area (Å²) >= 11 is 3.22. The predicted octanol–water partition coefficient (Wildman–Crippen LogP) is 1.82. The second kappa shape index (κ2) is 4.22. The highest BCUT2D eigenvalue weighted by molar-refractivity contribution is 9.10. The number of rotatable bonds is 2. The van der Waals surface area contributed by atoms with Gasteiger partial charge in [-0.1, -0.05) is 0 Å². The van der Waals surface area contributed by atoms with Crippen LogP contribution in [0.15, 0.2) is 35.3 Å². The zero-order chi connectivity index (χ0) is 10.7. The van der Waals surface area contributed by atoms with Crippen molar-refractivity contribution in [2.75, 3.05) is 5.32 Å². The molecule has 0 saturated heterocycles. The van der Waals surface area contributed by atoms with Gasteiger partial charge in [0.1, 0.15) is 4.60 Å². The number of nitrogens with zero attached hydrogens (tertiary/aromatic N) is 2. The Morgan fingerprint density at radius 3 is 3.07 bits per heavy atom. The molecule has 0 fully saturated rings.